The van der Waals surface area contributed by atoms with Gasteiger partial charge in [-0.05, 0) is 17.9 Å². The first-order chi connectivity index (χ1) is 9.04. The van der Waals surface area contributed by atoms with Gasteiger partial charge < -0.3 is 20.3 Å². The summed E-state index contributed by atoms with van der Waals surface area (Å²) in [6, 6.07) is 0.917. The minimum Gasteiger partial charge on any atom is -0.478 e. The predicted octanol–water partition coefficient (Wildman–Crippen LogP) is 0.965. The van der Waals surface area contributed by atoms with Crippen LogP contribution in [-0.2, 0) is 4.74 Å². The minimum absolute atomic E-state index is 0.0552. The molecule has 2 amide bonds. The maximum absolute atomic E-state index is 11.5. The lowest BCUT2D eigenvalue weighted by Crippen LogP contribution is -2.32. The molecule has 0 spiro atoms. The van der Waals surface area contributed by atoms with Crippen LogP contribution in [0.2, 0.25) is 0 Å². The number of methoxy groups -OCH3 is 1. The molecule has 8 heteroatoms. The third kappa shape index (κ3) is 5.25. The van der Waals surface area contributed by atoms with Crippen molar-refractivity contribution in [2.75, 3.05) is 25.6 Å². The molecule has 0 aromatic carbocycles. The summed E-state index contributed by atoms with van der Waals surface area (Å²) >= 11 is 1.13. The van der Waals surface area contributed by atoms with E-state index >= 15 is 0 Å². The molecule has 0 aliphatic heterocycles. The molecule has 1 rings (SSSR count). The lowest BCUT2D eigenvalue weighted by Gasteiger charge is -2.10. The molecule has 106 valence electrons. The number of nitrogens with one attached hydrogen (secondary N) is 2. The number of rotatable bonds is 7. The molecule has 7 nitrogen and oxygen atoms in total. The minimum atomic E-state index is -1.09. The van der Waals surface area contributed by atoms with Gasteiger partial charge in [-0.3, -0.25) is 5.32 Å². The molecule has 1 heterocycles. The Hall–Kier alpha value is -1.64. The molecule has 1 aromatic rings. The predicted molar refractivity (Wildman–Crippen MR) is 70.8 cm³/mol. The molecular weight excluding hydrogens is 272 g/mol. The fourth-order valence-electron chi connectivity index (χ4n) is 1.35. The number of aromatic carboxylic acids is 1. The Bertz CT molecular complexity index is 434. The van der Waals surface area contributed by atoms with Crippen molar-refractivity contribution in [3.05, 3.63) is 17.0 Å². The molecule has 0 fully saturated rings. The van der Waals surface area contributed by atoms with Crippen molar-refractivity contribution in [3.63, 3.8) is 0 Å². The van der Waals surface area contributed by atoms with Gasteiger partial charge in [0.25, 0.3) is 0 Å². The van der Waals surface area contributed by atoms with E-state index in [2.05, 4.69) is 10.6 Å². The van der Waals surface area contributed by atoms with Gasteiger partial charge in [0, 0.05) is 13.7 Å². The van der Waals surface area contributed by atoms with Crippen LogP contribution in [0, 0.1) is 0 Å². The van der Waals surface area contributed by atoms with Crippen LogP contribution in [0.3, 0.4) is 0 Å². The number of ether oxygens (including phenoxy) is 1. The largest absolute Gasteiger partial charge is 0.478 e. The monoisotopic (exact) mass is 288 g/mol. The van der Waals surface area contributed by atoms with E-state index in [4.69, 9.17) is 9.84 Å². The number of aliphatic hydroxyl groups is 1. The van der Waals surface area contributed by atoms with Crippen molar-refractivity contribution in [1.29, 1.82) is 0 Å². The van der Waals surface area contributed by atoms with Crippen LogP contribution in [0.4, 0.5) is 9.80 Å². The summed E-state index contributed by atoms with van der Waals surface area (Å²) in [5.74, 6) is -1.09. The van der Waals surface area contributed by atoms with Crippen LogP contribution in [0.15, 0.2) is 11.4 Å². The molecule has 0 aliphatic carbocycles. The van der Waals surface area contributed by atoms with Gasteiger partial charge in [0.05, 0.1) is 18.3 Å². The van der Waals surface area contributed by atoms with Crippen LogP contribution in [0.5, 0.6) is 0 Å². The third-order valence-corrected chi connectivity index (χ3v) is 3.07. The third-order valence-electron chi connectivity index (χ3n) is 2.24. The van der Waals surface area contributed by atoms with E-state index in [1.165, 1.54) is 13.2 Å². The van der Waals surface area contributed by atoms with Crippen molar-refractivity contribution in [3.8, 4) is 0 Å². The molecule has 1 aromatic heterocycles. The van der Waals surface area contributed by atoms with Gasteiger partial charge in [-0.1, -0.05) is 0 Å². The number of hydrogen-bond acceptors (Lipinski definition) is 5. The Morgan fingerprint density at radius 2 is 2.26 bits per heavy atom. The number of hydrogen-bond donors (Lipinski definition) is 4. The van der Waals surface area contributed by atoms with Crippen LogP contribution in [-0.4, -0.2) is 48.6 Å². The number of amides is 2. The lowest BCUT2D eigenvalue weighted by atomic mass is 10.3. The van der Waals surface area contributed by atoms with E-state index < -0.39 is 18.1 Å². The molecule has 0 bridgehead atoms. The second kappa shape index (κ2) is 7.72. The number of carboxylic acid groups (broad SMARTS) is 1. The number of urea groups is 1. The summed E-state index contributed by atoms with van der Waals surface area (Å²) in [6.45, 7) is 0.474. The van der Waals surface area contributed by atoms with Crippen LogP contribution in [0.25, 0.3) is 0 Å². The van der Waals surface area contributed by atoms with E-state index in [0.717, 1.165) is 11.3 Å². The Kier molecular flexibility index (Phi) is 6.26. The second-order valence-corrected chi connectivity index (χ2v) is 4.66. The van der Waals surface area contributed by atoms with Crippen LogP contribution in [0.1, 0.15) is 16.8 Å². The normalized spacial score (nSPS) is 11.9. The average molecular weight is 288 g/mol. The van der Waals surface area contributed by atoms with Crippen molar-refractivity contribution in [1.82, 2.24) is 5.32 Å². The summed E-state index contributed by atoms with van der Waals surface area (Å²) < 4.78 is 4.75. The quantitative estimate of drug-likeness (QED) is 0.598. The number of thiophene rings is 1. The first-order valence-electron chi connectivity index (χ1n) is 5.57. The van der Waals surface area contributed by atoms with Gasteiger partial charge in [0.15, 0.2) is 0 Å². The van der Waals surface area contributed by atoms with E-state index in [0.29, 0.717) is 6.42 Å². The Morgan fingerprint density at radius 3 is 2.89 bits per heavy atom. The molecule has 19 heavy (non-hydrogen) atoms. The van der Waals surface area contributed by atoms with Crippen LogP contribution < -0.4 is 10.6 Å². The van der Waals surface area contributed by atoms with E-state index in [-0.39, 0.29) is 23.7 Å². The summed E-state index contributed by atoms with van der Waals surface area (Å²) in [7, 11) is 1.48. The smallest absolute Gasteiger partial charge is 0.338 e. The fourth-order valence-corrected chi connectivity index (χ4v) is 2.12. The fraction of sp³-hybridized carbons (Fsp3) is 0.455. The molecule has 0 radical (unpaired) electrons. The Balaban J connectivity index is 2.35. The molecule has 1 atom stereocenters. The van der Waals surface area contributed by atoms with Gasteiger partial charge >= 0.3 is 12.0 Å². The summed E-state index contributed by atoms with van der Waals surface area (Å²) in [5, 5.41) is 25.1. The summed E-state index contributed by atoms with van der Waals surface area (Å²) in [5.41, 5.74) is 0.0552. The number of aliphatic hydroxyl groups excluding tert-OH is 1. The first-order valence-corrected chi connectivity index (χ1v) is 6.45. The first kappa shape index (κ1) is 15.4. The van der Waals surface area contributed by atoms with Gasteiger partial charge in [-0.25, -0.2) is 9.59 Å². The number of carbonyl (C=O) groups excluding carboxylic acids is 1. The maximum Gasteiger partial charge on any atom is 0.338 e. The molecule has 1 unspecified atom stereocenters. The van der Waals surface area contributed by atoms with Gasteiger partial charge in [-0.2, -0.15) is 0 Å². The van der Waals surface area contributed by atoms with Crippen molar-refractivity contribution in [2.24, 2.45) is 0 Å². The molecule has 0 saturated heterocycles. The van der Waals surface area contributed by atoms with Crippen molar-refractivity contribution in [2.45, 2.75) is 12.5 Å². The van der Waals surface area contributed by atoms with E-state index in [1.54, 1.807) is 5.38 Å². The Morgan fingerprint density at radius 1 is 1.53 bits per heavy atom. The maximum atomic E-state index is 11.5. The standard InChI is InChI=1S/C11H16N2O5S/c1-18-6-7(14)2-4-12-11(17)13-9-8(10(15)16)3-5-19-9/h3,5,7,14H,2,4,6H2,1H3,(H,15,16)(H2,12,13,17). The number of anilines is 1. The Labute approximate surface area is 114 Å². The zero-order chi connectivity index (χ0) is 14.3. The zero-order valence-corrected chi connectivity index (χ0v) is 11.2. The number of carbonyl (C=O) groups is 2. The SMILES string of the molecule is COCC(O)CCNC(=O)Nc1sccc1C(=O)O. The second-order valence-electron chi connectivity index (χ2n) is 3.75. The molecular formula is C11H16N2O5S. The average Bonchev–Trinajstić information content (AvgIpc) is 2.77. The number of carboxylic acids is 1. The highest BCUT2D eigenvalue weighted by atomic mass is 32.1. The van der Waals surface area contributed by atoms with Gasteiger partial charge in [0.1, 0.15) is 5.00 Å². The highest BCUT2D eigenvalue weighted by molar-refractivity contribution is 7.14. The topological polar surface area (TPSA) is 108 Å². The van der Waals surface area contributed by atoms with Crippen molar-refractivity contribution >= 4 is 28.3 Å². The lowest BCUT2D eigenvalue weighted by molar-refractivity contribution is 0.0599. The van der Waals surface area contributed by atoms with E-state index in [1.807, 2.05) is 0 Å². The zero-order valence-electron chi connectivity index (χ0n) is 10.4. The molecule has 0 aliphatic rings. The highest BCUT2D eigenvalue weighted by Gasteiger charge is 2.13. The molecule has 4 N–H and O–H groups in total. The highest BCUT2D eigenvalue weighted by Crippen LogP contribution is 2.22. The van der Waals surface area contributed by atoms with Crippen LogP contribution >= 0.6 is 11.3 Å². The molecule has 0 saturated carbocycles. The van der Waals surface area contributed by atoms with Gasteiger partial charge in [-0.15, -0.1) is 11.3 Å². The summed E-state index contributed by atoms with van der Waals surface area (Å²) in [4.78, 5) is 22.3. The van der Waals surface area contributed by atoms with Crippen molar-refractivity contribution < 1.29 is 24.5 Å². The van der Waals surface area contributed by atoms with Gasteiger partial charge in [0.2, 0.25) is 0 Å². The van der Waals surface area contributed by atoms with E-state index in [9.17, 15) is 14.7 Å². The summed E-state index contributed by atoms with van der Waals surface area (Å²) in [6.07, 6.45) is -0.279.